The largest absolute Gasteiger partial charge is 0.495 e. The zero-order chi connectivity index (χ0) is 13.1. The van der Waals surface area contributed by atoms with Crippen LogP contribution in [0, 0.1) is 0 Å². The highest BCUT2D eigenvalue weighted by Gasteiger charge is 2.23. The van der Waals surface area contributed by atoms with E-state index in [1.165, 1.54) is 0 Å². The molecule has 0 atom stereocenters. The molecule has 1 aromatic carbocycles. The van der Waals surface area contributed by atoms with E-state index in [0.717, 1.165) is 5.56 Å². The molecule has 0 saturated carbocycles. The van der Waals surface area contributed by atoms with Crippen molar-refractivity contribution in [1.82, 2.24) is 0 Å². The van der Waals surface area contributed by atoms with Gasteiger partial charge < -0.3 is 19.3 Å². The van der Waals surface area contributed by atoms with Crippen LogP contribution in [-0.4, -0.2) is 25.0 Å². The monoisotopic (exact) mass is 316 g/mol. The van der Waals surface area contributed by atoms with E-state index < -0.39 is 5.97 Å². The number of benzene rings is 1. The zero-order valence-corrected chi connectivity index (χ0v) is 11.4. The lowest BCUT2D eigenvalue weighted by Gasteiger charge is -2.12. The fourth-order valence-corrected chi connectivity index (χ4v) is 2.60. The lowest BCUT2D eigenvalue weighted by atomic mass is 10.1. The second-order valence-corrected chi connectivity index (χ2v) is 4.66. The van der Waals surface area contributed by atoms with Crippen LogP contribution in [0.2, 0.25) is 0 Å². The second kappa shape index (κ2) is 5.48. The van der Waals surface area contributed by atoms with Crippen molar-refractivity contribution in [1.29, 1.82) is 0 Å². The summed E-state index contributed by atoms with van der Waals surface area (Å²) in [5, 5.41) is 8.64. The van der Waals surface area contributed by atoms with E-state index in [9.17, 15) is 4.79 Å². The number of aryl methyl sites for hydroxylation is 1. The predicted molar refractivity (Wildman–Crippen MR) is 67.4 cm³/mol. The average Bonchev–Trinajstić information content (AvgIpc) is 2.77. The first-order valence-electron chi connectivity index (χ1n) is 5.50. The lowest BCUT2D eigenvalue weighted by molar-refractivity contribution is -0.137. The van der Waals surface area contributed by atoms with Crippen molar-refractivity contribution in [2.75, 3.05) is 13.9 Å². The Morgan fingerprint density at radius 1 is 1.56 bits per heavy atom. The smallest absolute Gasteiger partial charge is 0.303 e. The summed E-state index contributed by atoms with van der Waals surface area (Å²) in [7, 11) is 1.57. The van der Waals surface area contributed by atoms with E-state index in [1.54, 1.807) is 7.11 Å². The van der Waals surface area contributed by atoms with Gasteiger partial charge in [-0.15, -0.1) is 0 Å². The molecular formula is C12H13BrO5. The van der Waals surface area contributed by atoms with E-state index in [-0.39, 0.29) is 13.2 Å². The Balaban J connectivity index is 2.23. The van der Waals surface area contributed by atoms with Gasteiger partial charge in [0.25, 0.3) is 0 Å². The quantitative estimate of drug-likeness (QED) is 0.904. The first-order chi connectivity index (χ1) is 8.63. The number of halogens is 1. The summed E-state index contributed by atoms with van der Waals surface area (Å²) in [5.41, 5.74) is 0.912. The number of rotatable bonds is 5. The van der Waals surface area contributed by atoms with Crippen molar-refractivity contribution in [2.45, 2.75) is 19.3 Å². The molecule has 1 heterocycles. The molecule has 5 nitrogen and oxygen atoms in total. The van der Waals surface area contributed by atoms with Crippen LogP contribution in [0.4, 0.5) is 0 Å². The number of fused-ring (bicyclic) bond motifs is 1. The van der Waals surface area contributed by atoms with Crippen molar-refractivity contribution in [3.05, 3.63) is 16.1 Å². The van der Waals surface area contributed by atoms with Crippen molar-refractivity contribution in [2.24, 2.45) is 0 Å². The summed E-state index contributed by atoms with van der Waals surface area (Å²) >= 11 is 3.42. The van der Waals surface area contributed by atoms with Crippen LogP contribution in [0.15, 0.2) is 10.5 Å². The molecule has 18 heavy (non-hydrogen) atoms. The minimum Gasteiger partial charge on any atom is -0.495 e. The number of ether oxygens (including phenoxy) is 3. The average molecular weight is 317 g/mol. The van der Waals surface area contributed by atoms with Crippen LogP contribution in [0.25, 0.3) is 0 Å². The molecule has 0 amide bonds. The maximum absolute atomic E-state index is 10.5. The molecule has 0 fully saturated rings. The Morgan fingerprint density at radius 3 is 3.00 bits per heavy atom. The van der Waals surface area contributed by atoms with Crippen LogP contribution < -0.4 is 14.2 Å². The Hall–Kier alpha value is -1.43. The van der Waals surface area contributed by atoms with E-state index >= 15 is 0 Å². The number of carboxylic acid groups (broad SMARTS) is 1. The minimum atomic E-state index is -0.797. The van der Waals surface area contributed by atoms with Crippen LogP contribution >= 0.6 is 15.9 Å². The highest BCUT2D eigenvalue weighted by atomic mass is 79.9. The maximum Gasteiger partial charge on any atom is 0.303 e. The van der Waals surface area contributed by atoms with Gasteiger partial charge in [0, 0.05) is 6.42 Å². The topological polar surface area (TPSA) is 65.0 Å². The molecule has 0 bridgehead atoms. The van der Waals surface area contributed by atoms with Gasteiger partial charge in [-0.3, -0.25) is 4.79 Å². The van der Waals surface area contributed by atoms with Crippen molar-refractivity contribution >= 4 is 21.9 Å². The fraction of sp³-hybridized carbons (Fsp3) is 0.417. The summed E-state index contributed by atoms with van der Waals surface area (Å²) in [6.45, 7) is 0.190. The van der Waals surface area contributed by atoms with Gasteiger partial charge in [0.2, 0.25) is 6.79 Å². The predicted octanol–water partition coefficient (Wildman–Crippen LogP) is 2.59. The van der Waals surface area contributed by atoms with E-state index in [2.05, 4.69) is 15.9 Å². The van der Waals surface area contributed by atoms with Gasteiger partial charge in [0.1, 0.15) is 10.2 Å². The number of hydrogen-bond donors (Lipinski definition) is 1. The number of methoxy groups -OCH3 is 1. The van der Waals surface area contributed by atoms with Crippen molar-refractivity contribution in [3.8, 4) is 17.2 Å². The molecule has 1 N–H and O–H groups in total. The summed E-state index contributed by atoms with van der Waals surface area (Å²) < 4.78 is 16.7. The Morgan fingerprint density at radius 2 is 2.33 bits per heavy atom. The first-order valence-corrected chi connectivity index (χ1v) is 6.29. The summed E-state index contributed by atoms with van der Waals surface area (Å²) in [6, 6.07) is 1.84. The zero-order valence-electron chi connectivity index (χ0n) is 9.86. The minimum absolute atomic E-state index is 0.134. The molecule has 0 aliphatic carbocycles. The first kappa shape index (κ1) is 13.0. The highest BCUT2D eigenvalue weighted by Crippen LogP contribution is 2.46. The van der Waals surface area contributed by atoms with Gasteiger partial charge in [-0.05, 0) is 40.4 Å². The molecule has 0 spiro atoms. The molecule has 1 aromatic rings. The molecule has 0 saturated heterocycles. The summed E-state index contributed by atoms with van der Waals surface area (Å²) in [6.07, 6.45) is 1.30. The standard InChI is InChI=1S/C12H13BrO5/c1-16-11-7(3-2-4-9(14)15)5-8-12(10(11)13)18-6-17-8/h5H,2-4,6H2,1H3,(H,14,15). The van der Waals surface area contributed by atoms with Crippen LogP contribution in [0.1, 0.15) is 18.4 Å². The highest BCUT2D eigenvalue weighted by molar-refractivity contribution is 9.10. The number of aliphatic carboxylic acids is 1. The van der Waals surface area contributed by atoms with Crippen LogP contribution in [0.5, 0.6) is 17.2 Å². The van der Waals surface area contributed by atoms with Gasteiger partial charge in [-0.2, -0.15) is 0 Å². The molecular weight excluding hydrogens is 304 g/mol. The molecule has 1 aliphatic rings. The van der Waals surface area contributed by atoms with Crippen LogP contribution in [-0.2, 0) is 11.2 Å². The van der Waals surface area contributed by atoms with Crippen molar-refractivity contribution in [3.63, 3.8) is 0 Å². The lowest BCUT2D eigenvalue weighted by Crippen LogP contribution is -1.98. The normalized spacial score (nSPS) is 12.6. The molecule has 0 unspecified atom stereocenters. The van der Waals surface area contributed by atoms with E-state index in [1.807, 2.05) is 6.07 Å². The molecule has 0 aromatic heterocycles. The molecule has 0 radical (unpaired) electrons. The Labute approximate surface area is 113 Å². The third kappa shape index (κ3) is 2.53. The fourth-order valence-electron chi connectivity index (χ4n) is 1.87. The van der Waals surface area contributed by atoms with Gasteiger partial charge in [-0.25, -0.2) is 0 Å². The molecule has 98 valence electrons. The van der Waals surface area contributed by atoms with Crippen molar-refractivity contribution < 1.29 is 24.1 Å². The number of carboxylic acids is 1. The Kier molecular flexibility index (Phi) is 3.96. The summed E-state index contributed by atoms with van der Waals surface area (Å²) in [4.78, 5) is 10.5. The number of hydrogen-bond acceptors (Lipinski definition) is 4. The van der Waals surface area contributed by atoms with Crippen LogP contribution in [0.3, 0.4) is 0 Å². The van der Waals surface area contributed by atoms with E-state index in [0.29, 0.717) is 34.6 Å². The molecule has 2 rings (SSSR count). The molecule has 6 heteroatoms. The van der Waals surface area contributed by atoms with Gasteiger partial charge >= 0.3 is 5.97 Å². The SMILES string of the molecule is COc1c(CCCC(=O)O)cc2c(c1Br)OCO2. The second-order valence-electron chi connectivity index (χ2n) is 3.86. The third-order valence-corrected chi connectivity index (χ3v) is 3.40. The summed E-state index contributed by atoms with van der Waals surface area (Å²) in [5.74, 6) is 1.17. The Bertz CT molecular complexity index is 472. The van der Waals surface area contributed by atoms with Gasteiger partial charge in [0.15, 0.2) is 11.5 Å². The van der Waals surface area contributed by atoms with Gasteiger partial charge in [0.05, 0.1) is 7.11 Å². The maximum atomic E-state index is 10.5. The van der Waals surface area contributed by atoms with Gasteiger partial charge in [-0.1, -0.05) is 0 Å². The van der Waals surface area contributed by atoms with E-state index in [4.69, 9.17) is 19.3 Å². The molecule has 1 aliphatic heterocycles. The number of carbonyl (C=O) groups is 1. The third-order valence-electron chi connectivity index (χ3n) is 2.68.